The van der Waals surface area contributed by atoms with Crippen LogP contribution in [0.3, 0.4) is 0 Å². The smallest absolute Gasteiger partial charge is 0.158 e. The van der Waals surface area contributed by atoms with Gasteiger partial charge in [-0.15, -0.1) is 0 Å². The number of nitrogens with zero attached hydrogens (tertiary/aromatic N) is 5. The monoisotopic (exact) mass is 789 g/mol. The van der Waals surface area contributed by atoms with Crippen molar-refractivity contribution in [2.45, 2.75) is 86.5 Å². The molecule has 0 amide bonds. The lowest BCUT2D eigenvalue weighted by Gasteiger charge is -2.30. The maximum absolute atomic E-state index is 6.74. The highest BCUT2D eigenvalue weighted by molar-refractivity contribution is 6.09. The second kappa shape index (κ2) is 15.0. The molecule has 0 unspecified atom stereocenters. The van der Waals surface area contributed by atoms with E-state index >= 15 is 0 Å². The van der Waals surface area contributed by atoms with Crippen molar-refractivity contribution >= 4 is 44.7 Å². The molecule has 0 fully saturated rings. The van der Waals surface area contributed by atoms with E-state index in [2.05, 4.69) is 193 Å². The lowest BCUT2D eigenvalue weighted by atomic mass is 9.85. The Morgan fingerprint density at radius 2 is 1.32 bits per heavy atom. The maximum atomic E-state index is 6.74. The molecule has 0 aliphatic carbocycles. The second-order valence-electron chi connectivity index (χ2n) is 18.2. The van der Waals surface area contributed by atoms with Crippen molar-refractivity contribution in [3.63, 3.8) is 0 Å². The van der Waals surface area contributed by atoms with E-state index in [9.17, 15) is 0 Å². The highest BCUT2D eigenvalue weighted by Gasteiger charge is 2.33. The van der Waals surface area contributed by atoms with Crippen LogP contribution in [0.15, 0.2) is 128 Å². The fourth-order valence-corrected chi connectivity index (χ4v) is 9.26. The van der Waals surface area contributed by atoms with E-state index in [4.69, 9.17) is 14.7 Å². The Labute approximate surface area is 355 Å². The van der Waals surface area contributed by atoms with Gasteiger partial charge in [0.15, 0.2) is 5.82 Å². The van der Waals surface area contributed by atoms with Crippen LogP contribution >= 0.6 is 0 Å². The highest BCUT2D eigenvalue weighted by Crippen LogP contribution is 2.49. The summed E-state index contributed by atoms with van der Waals surface area (Å²) in [6.07, 6.45) is 3.82. The topological polar surface area (TPSA) is 46.4 Å². The van der Waals surface area contributed by atoms with E-state index in [0.29, 0.717) is 18.5 Å². The number of aromatic nitrogens is 3. The summed E-state index contributed by atoms with van der Waals surface area (Å²) in [5, 5.41) is 2.35. The van der Waals surface area contributed by atoms with Gasteiger partial charge in [-0.3, -0.25) is 4.57 Å². The van der Waals surface area contributed by atoms with E-state index < -0.39 is 0 Å². The Hall–Kier alpha value is -6.40. The third kappa shape index (κ3) is 6.88. The van der Waals surface area contributed by atoms with Crippen LogP contribution in [0.1, 0.15) is 93.7 Å². The highest BCUT2D eigenvalue weighted by atomic mass is 16.5. The van der Waals surface area contributed by atoms with Gasteiger partial charge in [0.1, 0.15) is 24.0 Å². The van der Waals surface area contributed by atoms with Gasteiger partial charge >= 0.3 is 0 Å². The third-order valence-corrected chi connectivity index (χ3v) is 12.1. The summed E-state index contributed by atoms with van der Waals surface area (Å²) >= 11 is 0. The number of para-hydroxylation sites is 1. The number of hydrogen-bond acceptors (Lipinski definition) is 5. The molecular formula is C54H55N5O. The van der Waals surface area contributed by atoms with Gasteiger partial charge in [-0.05, 0) is 144 Å². The Kier molecular flexibility index (Phi) is 9.78. The van der Waals surface area contributed by atoms with Crippen molar-refractivity contribution in [1.29, 1.82) is 0 Å². The molecule has 6 heteroatoms. The minimum absolute atomic E-state index is 0.00368. The summed E-state index contributed by atoms with van der Waals surface area (Å²) in [4.78, 5) is 14.7. The molecule has 4 heterocycles. The van der Waals surface area contributed by atoms with Crippen LogP contribution in [0.4, 0.5) is 22.9 Å². The first-order valence-corrected chi connectivity index (χ1v) is 21.3. The van der Waals surface area contributed by atoms with Crippen LogP contribution in [-0.2, 0) is 5.41 Å². The van der Waals surface area contributed by atoms with Gasteiger partial charge in [0, 0.05) is 46.7 Å². The van der Waals surface area contributed by atoms with Crippen LogP contribution in [-0.4, -0.2) is 21.2 Å². The molecule has 1 aliphatic heterocycles. The van der Waals surface area contributed by atoms with Crippen molar-refractivity contribution in [3.05, 3.63) is 161 Å². The van der Waals surface area contributed by atoms with Gasteiger partial charge in [0.25, 0.3) is 0 Å². The summed E-state index contributed by atoms with van der Waals surface area (Å²) in [5.41, 5.74) is 16.1. The average molecular weight is 790 g/mol. The number of rotatable bonds is 8. The fraction of sp³-hybridized carbons (Fsp3) is 0.259. The zero-order valence-corrected chi connectivity index (χ0v) is 36.6. The van der Waals surface area contributed by atoms with E-state index in [1.54, 1.807) is 0 Å². The van der Waals surface area contributed by atoms with Gasteiger partial charge < -0.3 is 14.5 Å². The van der Waals surface area contributed by atoms with Gasteiger partial charge in [0.2, 0.25) is 0 Å². The number of benzene rings is 5. The second-order valence-corrected chi connectivity index (χ2v) is 18.2. The first-order valence-electron chi connectivity index (χ1n) is 21.3. The van der Waals surface area contributed by atoms with Crippen molar-refractivity contribution in [3.8, 4) is 28.4 Å². The van der Waals surface area contributed by atoms with E-state index in [0.717, 1.165) is 50.9 Å². The minimum atomic E-state index is -0.00368. The largest absolute Gasteiger partial charge is 0.457 e. The molecule has 302 valence electrons. The van der Waals surface area contributed by atoms with Crippen molar-refractivity contribution < 1.29 is 4.74 Å². The molecule has 0 saturated carbocycles. The molecule has 9 rings (SSSR count). The lowest BCUT2D eigenvalue weighted by Crippen LogP contribution is -2.26. The lowest BCUT2D eigenvalue weighted by molar-refractivity contribution is 0.483. The summed E-state index contributed by atoms with van der Waals surface area (Å²) < 4.78 is 9.00. The molecule has 1 aliphatic rings. The molecule has 3 aromatic heterocycles. The normalized spacial score (nSPS) is 13.0. The zero-order chi connectivity index (χ0) is 42.0. The van der Waals surface area contributed by atoms with Crippen molar-refractivity contribution in [1.82, 2.24) is 14.5 Å². The van der Waals surface area contributed by atoms with Gasteiger partial charge in [-0.2, -0.15) is 0 Å². The standard InChI is InChI=1S/C54H55N5O/c1-33(2)45-27-38(51-36(6)25-35(5)26-37(51)7)28-46(34(3)4)52(45)58-32-57(53-48(58)19-14-23-56-53)40-15-13-16-41(30-40)60-42-20-21-44-43-17-11-12-18-47(43)59(49(44)31-42)50-29-39(22-24-55-50)54(8,9)10/h11-31,33-34H,32H2,1-10H3. The van der Waals surface area contributed by atoms with Crippen molar-refractivity contribution in [2.24, 2.45) is 0 Å². The number of aryl methyl sites for hydroxylation is 3. The summed E-state index contributed by atoms with van der Waals surface area (Å²) in [6.45, 7) is 23.3. The predicted octanol–water partition coefficient (Wildman–Crippen LogP) is 14.7. The van der Waals surface area contributed by atoms with Crippen LogP contribution in [0.2, 0.25) is 0 Å². The first kappa shape index (κ1) is 39.1. The number of anilines is 4. The molecule has 0 saturated heterocycles. The predicted molar refractivity (Wildman–Crippen MR) is 251 cm³/mol. The third-order valence-electron chi connectivity index (χ3n) is 12.1. The maximum Gasteiger partial charge on any atom is 0.158 e. The summed E-state index contributed by atoms with van der Waals surface area (Å²) in [5.74, 6) is 3.97. The average Bonchev–Trinajstić information content (AvgIpc) is 3.76. The number of fused-ring (bicyclic) bond motifs is 4. The van der Waals surface area contributed by atoms with Gasteiger partial charge in [0.05, 0.1) is 16.7 Å². The van der Waals surface area contributed by atoms with Gasteiger partial charge in [-0.25, -0.2) is 9.97 Å². The molecule has 0 spiro atoms. The first-order chi connectivity index (χ1) is 28.8. The molecule has 0 bridgehead atoms. The Balaban J connectivity index is 1.09. The molecule has 0 N–H and O–H groups in total. The Morgan fingerprint density at radius 1 is 0.617 bits per heavy atom. The zero-order valence-electron chi connectivity index (χ0n) is 36.6. The van der Waals surface area contributed by atoms with Gasteiger partial charge in [-0.1, -0.05) is 90.4 Å². The molecule has 8 aromatic rings. The molecular weight excluding hydrogens is 735 g/mol. The summed E-state index contributed by atoms with van der Waals surface area (Å²) in [6, 6.07) is 41.4. The quantitative estimate of drug-likeness (QED) is 0.153. The van der Waals surface area contributed by atoms with Crippen LogP contribution < -0.4 is 14.5 Å². The number of hydrogen-bond donors (Lipinski definition) is 0. The molecule has 5 aromatic carbocycles. The summed E-state index contributed by atoms with van der Waals surface area (Å²) in [7, 11) is 0. The SMILES string of the molecule is Cc1cc(C)c(-c2cc(C(C)C)c(N3CN(c4cccc(Oc5ccc6c7ccccc7n(-c7cc(C(C)(C)C)ccn7)c6c5)c4)c4ncccc43)c(C(C)C)c2)c(C)c1. The van der Waals surface area contributed by atoms with E-state index in [-0.39, 0.29) is 5.41 Å². The fourth-order valence-electron chi connectivity index (χ4n) is 9.26. The molecule has 60 heavy (non-hydrogen) atoms. The van der Waals surface area contributed by atoms with E-state index in [1.807, 2.05) is 18.5 Å². The van der Waals surface area contributed by atoms with Crippen LogP contribution in [0.25, 0.3) is 38.8 Å². The Morgan fingerprint density at radius 3 is 2.03 bits per heavy atom. The number of pyridine rings is 2. The number of ether oxygens (including phenoxy) is 1. The van der Waals surface area contributed by atoms with E-state index in [1.165, 1.54) is 55.6 Å². The van der Waals surface area contributed by atoms with Crippen LogP contribution in [0.5, 0.6) is 11.5 Å². The Bertz CT molecular complexity index is 2880. The molecule has 0 radical (unpaired) electrons. The van der Waals surface area contributed by atoms with Crippen LogP contribution in [0, 0.1) is 20.8 Å². The molecule has 6 nitrogen and oxygen atoms in total. The molecule has 0 atom stereocenters. The van der Waals surface area contributed by atoms with Crippen molar-refractivity contribution in [2.75, 3.05) is 16.5 Å². The minimum Gasteiger partial charge on any atom is -0.457 e.